The van der Waals surface area contributed by atoms with Crippen molar-refractivity contribution in [3.63, 3.8) is 0 Å². The van der Waals surface area contributed by atoms with Crippen molar-refractivity contribution < 1.29 is 4.39 Å². The Kier molecular flexibility index (Phi) is 3.72. The van der Waals surface area contributed by atoms with Crippen LogP contribution in [0.25, 0.3) is 5.65 Å². The number of azo groups is 1. The molecule has 0 saturated heterocycles. The van der Waals surface area contributed by atoms with Gasteiger partial charge in [-0.05, 0) is 42.2 Å². The molecule has 0 aliphatic carbocycles. The van der Waals surface area contributed by atoms with Gasteiger partial charge >= 0.3 is 0 Å². The van der Waals surface area contributed by atoms with E-state index in [1.807, 2.05) is 19.1 Å². The molecule has 0 atom stereocenters. The van der Waals surface area contributed by atoms with E-state index < -0.39 is 0 Å². The van der Waals surface area contributed by atoms with E-state index >= 15 is 0 Å². The van der Waals surface area contributed by atoms with E-state index in [2.05, 4.69) is 48.1 Å². The van der Waals surface area contributed by atoms with Crippen LogP contribution in [0.2, 0.25) is 0 Å². The summed E-state index contributed by atoms with van der Waals surface area (Å²) >= 11 is 0. The summed E-state index contributed by atoms with van der Waals surface area (Å²) in [5, 5.41) is 8.51. The van der Waals surface area contributed by atoms with Crippen LogP contribution in [-0.2, 0) is 5.41 Å². The van der Waals surface area contributed by atoms with E-state index in [-0.39, 0.29) is 11.2 Å². The highest BCUT2D eigenvalue weighted by Crippen LogP contribution is 2.27. The molecule has 0 radical (unpaired) electrons. The van der Waals surface area contributed by atoms with Crippen LogP contribution in [-0.4, -0.2) is 9.38 Å². The Morgan fingerprint density at radius 2 is 1.70 bits per heavy atom. The molecular weight excluding hydrogens is 291 g/mol. The first-order valence-electron chi connectivity index (χ1n) is 7.51. The van der Waals surface area contributed by atoms with Crippen LogP contribution in [0, 0.1) is 12.7 Å². The molecule has 23 heavy (non-hydrogen) atoms. The summed E-state index contributed by atoms with van der Waals surface area (Å²) in [5.74, 6) is 0.209. The number of aromatic nitrogens is 2. The van der Waals surface area contributed by atoms with E-state index in [1.165, 1.54) is 17.8 Å². The Bertz CT molecular complexity index is 870. The zero-order chi connectivity index (χ0) is 16.6. The maximum atomic E-state index is 13.4. The van der Waals surface area contributed by atoms with Gasteiger partial charge in [-0.2, -0.15) is 0 Å². The summed E-state index contributed by atoms with van der Waals surface area (Å²) in [5.41, 5.74) is 3.46. The van der Waals surface area contributed by atoms with Gasteiger partial charge in [-0.3, -0.25) is 4.40 Å². The van der Waals surface area contributed by atoms with Crippen LogP contribution in [0.1, 0.15) is 32.0 Å². The van der Waals surface area contributed by atoms with E-state index in [4.69, 9.17) is 0 Å². The van der Waals surface area contributed by atoms with E-state index in [0.717, 1.165) is 5.69 Å². The fourth-order valence-corrected chi connectivity index (χ4v) is 2.38. The highest BCUT2D eigenvalue weighted by atomic mass is 19.1. The van der Waals surface area contributed by atoms with Crippen LogP contribution < -0.4 is 0 Å². The lowest BCUT2D eigenvalue weighted by Gasteiger charge is -2.18. The molecule has 0 N–H and O–H groups in total. The highest BCUT2D eigenvalue weighted by molar-refractivity contribution is 5.52. The van der Waals surface area contributed by atoms with Gasteiger partial charge in [0.2, 0.25) is 0 Å². The second-order valence-corrected chi connectivity index (χ2v) is 6.59. The lowest BCUT2D eigenvalue weighted by molar-refractivity contribution is 0.590. The second-order valence-electron chi connectivity index (χ2n) is 6.59. The molecule has 3 aromatic rings. The molecule has 0 fully saturated rings. The minimum absolute atomic E-state index is 0.103. The molecule has 0 amide bonds. The van der Waals surface area contributed by atoms with Gasteiger partial charge in [0.1, 0.15) is 11.5 Å². The fraction of sp³-hybridized carbons (Fsp3) is 0.278. The van der Waals surface area contributed by atoms with Crippen molar-refractivity contribution in [2.45, 2.75) is 33.1 Å². The second kappa shape index (κ2) is 5.57. The predicted octanol–water partition coefficient (Wildman–Crippen LogP) is 5.49. The summed E-state index contributed by atoms with van der Waals surface area (Å²) in [7, 11) is 0. The minimum Gasteiger partial charge on any atom is -0.280 e. The molecule has 4 nitrogen and oxygen atoms in total. The molecule has 0 unspecified atom stereocenters. The summed E-state index contributed by atoms with van der Waals surface area (Å²) in [6.07, 6.45) is 1.37. The molecule has 0 aliphatic heterocycles. The predicted molar refractivity (Wildman–Crippen MR) is 89.2 cm³/mol. The molecule has 2 heterocycles. The Morgan fingerprint density at radius 3 is 2.35 bits per heavy atom. The molecule has 3 rings (SSSR count). The van der Waals surface area contributed by atoms with Crippen LogP contribution in [0.5, 0.6) is 0 Å². The number of aryl methyl sites for hydroxylation is 1. The Balaban J connectivity index is 1.94. The third-order valence-corrected chi connectivity index (χ3v) is 3.72. The van der Waals surface area contributed by atoms with Gasteiger partial charge in [0, 0.05) is 6.20 Å². The number of halogens is 1. The average molecular weight is 310 g/mol. The number of hydrogen-bond donors (Lipinski definition) is 0. The lowest BCUT2D eigenvalue weighted by atomic mass is 9.87. The lowest BCUT2D eigenvalue weighted by Crippen LogP contribution is -2.10. The molecule has 1 aromatic carbocycles. The first-order valence-corrected chi connectivity index (χ1v) is 7.51. The van der Waals surface area contributed by atoms with Gasteiger partial charge in [0.05, 0.1) is 11.4 Å². The number of rotatable bonds is 2. The Hall–Kier alpha value is -2.56. The van der Waals surface area contributed by atoms with Gasteiger partial charge in [0.15, 0.2) is 5.82 Å². The van der Waals surface area contributed by atoms with Crippen molar-refractivity contribution in [3.8, 4) is 0 Å². The molecular formula is C18H19FN4. The number of hydrogen-bond acceptors (Lipinski definition) is 3. The maximum Gasteiger partial charge on any atom is 0.182 e. The smallest absolute Gasteiger partial charge is 0.182 e. The van der Waals surface area contributed by atoms with E-state index in [1.54, 1.807) is 10.5 Å². The first kappa shape index (κ1) is 15.3. The van der Waals surface area contributed by atoms with Crippen molar-refractivity contribution in [3.05, 3.63) is 59.7 Å². The molecule has 5 heteroatoms. The van der Waals surface area contributed by atoms with Crippen molar-refractivity contribution >= 4 is 17.2 Å². The van der Waals surface area contributed by atoms with Crippen molar-refractivity contribution in [2.75, 3.05) is 0 Å². The number of imidazole rings is 1. The third-order valence-electron chi connectivity index (χ3n) is 3.72. The van der Waals surface area contributed by atoms with Crippen LogP contribution >= 0.6 is 0 Å². The van der Waals surface area contributed by atoms with E-state index in [9.17, 15) is 4.39 Å². The van der Waals surface area contributed by atoms with Crippen molar-refractivity contribution in [1.29, 1.82) is 0 Å². The molecule has 0 aliphatic rings. The summed E-state index contributed by atoms with van der Waals surface area (Å²) in [6.45, 7) is 8.33. The Morgan fingerprint density at radius 1 is 1.00 bits per heavy atom. The van der Waals surface area contributed by atoms with Gasteiger partial charge < -0.3 is 0 Å². The number of nitrogens with zero attached hydrogens (tertiary/aromatic N) is 4. The molecule has 0 saturated carbocycles. The molecule has 118 valence electrons. The van der Waals surface area contributed by atoms with Gasteiger partial charge in [0.25, 0.3) is 0 Å². The summed E-state index contributed by atoms with van der Waals surface area (Å²) in [6, 6.07) is 11.0. The normalized spacial score (nSPS) is 12.4. The zero-order valence-electron chi connectivity index (χ0n) is 13.7. The van der Waals surface area contributed by atoms with E-state index in [0.29, 0.717) is 17.2 Å². The van der Waals surface area contributed by atoms with Gasteiger partial charge in [-0.25, -0.2) is 9.37 Å². The van der Waals surface area contributed by atoms with Gasteiger partial charge in [-0.15, -0.1) is 10.2 Å². The summed E-state index contributed by atoms with van der Waals surface area (Å²) in [4.78, 5) is 4.36. The number of fused-ring (bicyclic) bond motifs is 1. The largest absolute Gasteiger partial charge is 0.280 e. The minimum atomic E-state index is -0.333. The van der Waals surface area contributed by atoms with Crippen molar-refractivity contribution in [1.82, 2.24) is 9.38 Å². The first-order chi connectivity index (χ1) is 10.8. The van der Waals surface area contributed by atoms with Crippen LogP contribution in [0.3, 0.4) is 0 Å². The number of pyridine rings is 1. The topological polar surface area (TPSA) is 42.0 Å². The summed E-state index contributed by atoms with van der Waals surface area (Å²) < 4.78 is 15.0. The number of benzene rings is 1. The molecule has 0 spiro atoms. The van der Waals surface area contributed by atoms with Gasteiger partial charge in [-0.1, -0.05) is 32.9 Å². The SMILES string of the molecule is Cc1nc2ccc(F)cn2c1N=Nc1ccc(C(C)(C)C)cc1. The zero-order valence-corrected chi connectivity index (χ0v) is 13.7. The highest BCUT2D eigenvalue weighted by Gasteiger charge is 2.13. The molecule has 2 aromatic heterocycles. The maximum absolute atomic E-state index is 13.4. The fourth-order valence-electron chi connectivity index (χ4n) is 2.38. The average Bonchev–Trinajstić information content (AvgIpc) is 2.79. The monoisotopic (exact) mass is 310 g/mol. The molecule has 0 bridgehead atoms. The van der Waals surface area contributed by atoms with Crippen LogP contribution in [0.4, 0.5) is 15.9 Å². The Labute approximate surface area is 134 Å². The third kappa shape index (κ3) is 3.13. The van der Waals surface area contributed by atoms with Crippen LogP contribution in [0.15, 0.2) is 52.8 Å². The quantitative estimate of drug-likeness (QED) is 0.577. The van der Waals surface area contributed by atoms with Crippen molar-refractivity contribution in [2.24, 2.45) is 10.2 Å². The standard InChI is InChI=1S/C18H19FN4/c1-12-17(23-11-14(19)7-10-16(23)20-12)22-21-15-8-5-13(6-9-15)18(2,3)4/h5-11H,1-4H3.